The Kier molecular flexibility index (Phi) is 3.59. The van der Waals surface area contributed by atoms with E-state index < -0.39 is 23.6 Å². The quantitative estimate of drug-likeness (QED) is 0.859. The molecule has 110 valence electrons. The van der Waals surface area contributed by atoms with Crippen LogP contribution in [0.15, 0.2) is 30.3 Å². The maximum absolute atomic E-state index is 13.7. The molecular formula is C16H13F3O2. The number of rotatable bonds is 2. The SMILES string of the molecule is OC(c1ccc2c(c1)CCCO2)c1ccc(F)c(F)c1F. The number of aliphatic hydroxyl groups is 1. The van der Waals surface area contributed by atoms with Crippen molar-refractivity contribution in [3.05, 3.63) is 64.5 Å². The lowest BCUT2D eigenvalue weighted by molar-refractivity contribution is 0.212. The van der Waals surface area contributed by atoms with E-state index in [2.05, 4.69) is 0 Å². The summed E-state index contributed by atoms with van der Waals surface area (Å²) in [5.41, 5.74) is 1.05. The summed E-state index contributed by atoms with van der Waals surface area (Å²) in [4.78, 5) is 0. The van der Waals surface area contributed by atoms with E-state index in [1.807, 2.05) is 0 Å². The van der Waals surface area contributed by atoms with E-state index in [9.17, 15) is 18.3 Å². The van der Waals surface area contributed by atoms with Crippen molar-refractivity contribution in [3.63, 3.8) is 0 Å². The van der Waals surface area contributed by atoms with Crippen molar-refractivity contribution in [1.82, 2.24) is 0 Å². The Morgan fingerprint density at radius 3 is 2.67 bits per heavy atom. The van der Waals surface area contributed by atoms with Gasteiger partial charge in [0.25, 0.3) is 0 Å². The van der Waals surface area contributed by atoms with Gasteiger partial charge in [-0.25, -0.2) is 13.2 Å². The van der Waals surface area contributed by atoms with Crippen LogP contribution in [-0.4, -0.2) is 11.7 Å². The monoisotopic (exact) mass is 294 g/mol. The first-order chi connectivity index (χ1) is 10.1. The molecule has 0 radical (unpaired) electrons. The maximum atomic E-state index is 13.7. The van der Waals surface area contributed by atoms with Crippen LogP contribution in [0.3, 0.4) is 0 Å². The molecular weight excluding hydrogens is 281 g/mol. The zero-order valence-corrected chi connectivity index (χ0v) is 11.1. The van der Waals surface area contributed by atoms with Gasteiger partial charge in [-0.1, -0.05) is 12.1 Å². The van der Waals surface area contributed by atoms with Crippen LogP contribution in [0, 0.1) is 17.5 Å². The summed E-state index contributed by atoms with van der Waals surface area (Å²) in [6.07, 6.45) is 0.315. The number of halogens is 3. The van der Waals surface area contributed by atoms with Gasteiger partial charge >= 0.3 is 0 Å². The number of benzene rings is 2. The van der Waals surface area contributed by atoms with Gasteiger partial charge < -0.3 is 9.84 Å². The highest BCUT2D eigenvalue weighted by Crippen LogP contribution is 2.31. The number of aliphatic hydroxyl groups excluding tert-OH is 1. The van der Waals surface area contributed by atoms with Crippen molar-refractivity contribution >= 4 is 0 Å². The molecule has 0 spiro atoms. The van der Waals surface area contributed by atoms with Crippen molar-refractivity contribution < 1.29 is 23.0 Å². The number of fused-ring (bicyclic) bond motifs is 1. The zero-order valence-electron chi connectivity index (χ0n) is 11.1. The molecule has 1 unspecified atom stereocenters. The van der Waals surface area contributed by atoms with Crippen LogP contribution in [-0.2, 0) is 6.42 Å². The van der Waals surface area contributed by atoms with E-state index in [4.69, 9.17) is 4.74 Å². The molecule has 1 atom stereocenters. The smallest absolute Gasteiger partial charge is 0.194 e. The molecule has 0 aromatic heterocycles. The molecule has 0 saturated heterocycles. The zero-order chi connectivity index (χ0) is 15.0. The molecule has 21 heavy (non-hydrogen) atoms. The maximum Gasteiger partial charge on any atom is 0.194 e. The van der Waals surface area contributed by atoms with Crippen LogP contribution in [0.4, 0.5) is 13.2 Å². The van der Waals surface area contributed by atoms with Crippen LogP contribution in [0.2, 0.25) is 0 Å². The molecule has 2 aromatic carbocycles. The lowest BCUT2D eigenvalue weighted by Gasteiger charge is -2.20. The number of aryl methyl sites for hydroxylation is 1. The first-order valence-corrected chi connectivity index (χ1v) is 6.65. The highest BCUT2D eigenvalue weighted by atomic mass is 19.2. The Balaban J connectivity index is 1.99. The van der Waals surface area contributed by atoms with Crippen molar-refractivity contribution in [1.29, 1.82) is 0 Å². The highest BCUT2D eigenvalue weighted by molar-refractivity contribution is 5.42. The van der Waals surface area contributed by atoms with E-state index >= 15 is 0 Å². The van der Waals surface area contributed by atoms with Gasteiger partial charge in [0, 0.05) is 5.56 Å². The van der Waals surface area contributed by atoms with Gasteiger partial charge in [0.05, 0.1) is 6.61 Å². The molecule has 0 saturated carbocycles. The summed E-state index contributed by atoms with van der Waals surface area (Å²) in [5, 5.41) is 10.2. The van der Waals surface area contributed by atoms with E-state index in [0.29, 0.717) is 12.2 Å². The summed E-state index contributed by atoms with van der Waals surface area (Å²) in [7, 11) is 0. The second-order valence-corrected chi connectivity index (χ2v) is 4.99. The molecule has 0 aliphatic carbocycles. The summed E-state index contributed by atoms with van der Waals surface area (Å²) >= 11 is 0. The summed E-state index contributed by atoms with van der Waals surface area (Å²) in [6.45, 7) is 0.646. The lowest BCUT2D eigenvalue weighted by atomic mass is 9.96. The van der Waals surface area contributed by atoms with Crippen LogP contribution in [0.1, 0.15) is 29.2 Å². The van der Waals surface area contributed by atoms with Gasteiger partial charge in [0.15, 0.2) is 17.5 Å². The Morgan fingerprint density at radius 1 is 1.05 bits per heavy atom. The van der Waals surface area contributed by atoms with Gasteiger partial charge in [-0.15, -0.1) is 0 Å². The third kappa shape index (κ3) is 2.49. The molecule has 3 rings (SSSR count). The first kappa shape index (κ1) is 13.9. The molecule has 1 aliphatic rings. The highest BCUT2D eigenvalue weighted by Gasteiger charge is 2.22. The van der Waals surface area contributed by atoms with Crippen molar-refractivity contribution in [2.75, 3.05) is 6.61 Å². The van der Waals surface area contributed by atoms with E-state index in [0.717, 1.165) is 36.3 Å². The normalized spacial score (nSPS) is 15.2. The second kappa shape index (κ2) is 5.41. The fourth-order valence-corrected chi connectivity index (χ4v) is 2.48. The summed E-state index contributed by atoms with van der Waals surface area (Å²) in [6, 6.07) is 6.85. The Hall–Kier alpha value is -2.01. The number of ether oxygens (including phenoxy) is 1. The summed E-state index contributed by atoms with van der Waals surface area (Å²) in [5.74, 6) is -3.48. The molecule has 0 fully saturated rings. The fraction of sp³-hybridized carbons (Fsp3) is 0.250. The Morgan fingerprint density at radius 2 is 1.86 bits per heavy atom. The average Bonchev–Trinajstić information content (AvgIpc) is 2.52. The van der Waals surface area contributed by atoms with Gasteiger partial charge in [-0.2, -0.15) is 0 Å². The van der Waals surface area contributed by atoms with Crippen LogP contribution < -0.4 is 4.74 Å². The van der Waals surface area contributed by atoms with Crippen molar-refractivity contribution in [2.24, 2.45) is 0 Å². The largest absolute Gasteiger partial charge is 0.493 e. The molecule has 2 aromatic rings. The van der Waals surface area contributed by atoms with Crippen molar-refractivity contribution in [3.8, 4) is 5.75 Å². The van der Waals surface area contributed by atoms with Gasteiger partial charge in [-0.3, -0.25) is 0 Å². The standard InChI is InChI=1S/C16H13F3O2/c17-12-5-4-11(14(18)15(12)19)16(20)10-3-6-13-9(8-10)2-1-7-21-13/h3-6,8,16,20H,1-2,7H2. The molecule has 0 amide bonds. The van der Waals surface area contributed by atoms with Crippen LogP contribution in [0.25, 0.3) is 0 Å². The molecule has 1 aliphatic heterocycles. The molecule has 0 bridgehead atoms. The van der Waals surface area contributed by atoms with Crippen molar-refractivity contribution in [2.45, 2.75) is 18.9 Å². The number of hydrogen-bond donors (Lipinski definition) is 1. The van der Waals surface area contributed by atoms with Gasteiger partial charge in [-0.05, 0) is 42.2 Å². The van der Waals surface area contributed by atoms with Crippen LogP contribution in [0.5, 0.6) is 5.75 Å². The topological polar surface area (TPSA) is 29.5 Å². The molecule has 5 heteroatoms. The second-order valence-electron chi connectivity index (χ2n) is 4.99. The molecule has 1 N–H and O–H groups in total. The Labute approximate surface area is 119 Å². The molecule has 2 nitrogen and oxygen atoms in total. The fourth-order valence-electron chi connectivity index (χ4n) is 2.48. The predicted molar refractivity (Wildman–Crippen MR) is 70.6 cm³/mol. The lowest BCUT2D eigenvalue weighted by Crippen LogP contribution is -2.10. The third-order valence-electron chi connectivity index (χ3n) is 3.61. The minimum Gasteiger partial charge on any atom is -0.493 e. The average molecular weight is 294 g/mol. The summed E-state index contributed by atoms with van der Waals surface area (Å²) < 4.78 is 45.4. The molecule has 1 heterocycles. The first-order valence-electron chi connectivity index (χ1n) is 6.65. The van der Waals surface area contributed by atoms with E-state index in [-0.39, 0.29) is 5.56 Å². The minimum absolute atomic E-state index is 0.287. The third-order valence-corrected chi connectivity index (χ3v) is 3.61. The van der Waals surface area contributed by atoms with E-state index in [1.165, 1.54) is 0 Å². The van der Waals surface area contributed by atoms with Gasteiger partial charge in [0.1, 0.15) is 11.9 Å². The van der Waals surface area contributed by atoms with Crippen LogP contribution >= 0.6 is 0 Å². The number of hydrogen-bond acceptors (Lipinski definition) is 2. The minimum atomic E-state index is -1.58. The predicted octanol–water partition coefficient (Wildman–Crippen LogP) is 3.51. The Bertz CT molecular complexity index is 685. The van der Waals surface area contributed by atoms with E-state index in [1.54, 1.807) is 18.2 Å². The van der Waals surface area contributed by atoms with Gasteiger partial charge in [0.2, 0.25) is 0 Å².